The Labute approximate surface area is 107 Å². The molecule has 96 valence electrons. The van der Waals surface area contributed by atoms with Gasteiger partial charge in [-0.25, -0.2) is 4.98 Å². The molecule has 2 rings (SSSR count). The maximum absolute atomic E-state index is 5.75. The van der Waals surface area contributed by atoms with E-state index < -0.39 is 0 Å². The van der Waals surface area contributed by atoms with Gasteiger partial charge in [0.05, 0.1) is 6.10 Å². The van der Waals surface area contributed by atoms with Crippen molar-refractivity contribution in [1.29, 1.82) is 0 Å². The second-order valence-electron chi connectivity index (χ2n) is 4.51. The van der Waals surface area contributed by atoms with Crippen LogP contribution >= 0.6 is 11.3 Å². The Morgan fingerprint density at radius 2 is 2.47 bits per heavy atom. The number of hydrogen-bond acceptors (Lipinski definition) is 5. The Hall–Kier alpha value is -0.650. The normalized spacial score (nSPS) is 20.5. The molecule has 0 aliphatic carbocycles. The van der Waals surface area contributed by atoms with Gasteiger partial charge in [-0.3, -0.25) is 0 Å². The Kier molecular flexibility index (Phi) is 4.76. The molecular weight excluding hydrogens is 234 g/mol. The molecule has 1 atom stereocenters. The van der Waals surface area contributed by atoms with E-state index in [9.17, 15) is 0 Å². The third-order valence-corrected chi connectivity index (χ3v) is 4.08. The van der Waals surface area contributed by atoms with Crippen molar-refractivity contribution in [2.45, 2.75) is 31.9 Å². The first-order chi connectivity index (χ1) is 8.29. The molecule has 0 saturated carbocycles. The van der Waals surface area contributed by atoms with Crippen molar-refractivity contribution >= 4 is 16.5 Å². The van der Waals surface area contributed by atoms with Crippen LogP contribution in [0.2, 0.25) is 0 Å². The summed E-state index contributed by atoms with van der Waals surface area (Å²) in [7, 11) is 4.05. The van der Waals surface area contributed by atoms with Gasteiger partial charge in [0.2, 0.25) is 0 Å². The van der Waals surface area contributed by atoms with Crippen molar-refractivity contribution in [3.63, 3.8) is 0 Å². The summed E-state index contributed by atoms with van der Waals surface area (Å²) in [6, 6.07) is 0. The van der Waals surface area contributed by atoms with E-state index in [4.69, 9.17) is 4.74 Å². The summed E-state index contributed by atoms with van der Waals surface area (Å²) >= 11 is 1.75. The Morgan fingerprint density at radius 3 is 3.18 bits per heavy atom. The Bertz CT molecular complexity index is 336. The van der Waals surface area contributed by atoms with Crippen LogP contribution in [0.1, 0.15) is 24.1 Å². The fraction of sp³-hybridized carbons (Fsp3) is 0.750. The Balaban J connectivity index is 1.86. The molecule has 2 heterocycles. The number of aromatic nitrogens is 1. The molecule has 1 aromatic heterocycles. The third kappa shape index (κ3) is 3.66. The van der Waals surface area contributed by atoms with Crippen molar-refractivity contribution in [2.24, 2.45) is 0 Å². The molecule has 1 saturated heterocycles. The summed E-state index contributed by atoms with van der Waals surface area (Å²) in [5.74, 6) is 0. The van der Waals surface area contributed by atoms with Crippen LogP contribution in [0, 0.1) is 0 Å². The standard InChI is InChI=1S/C12H21N3OS/c1-13-7-11-8-14-12(17-11)15(2)9-10-5-3-4-6-16-10/h8,10,13H,3-7,9H2,1-2H3. The molecule has 4 nitrogen and oxygen atoms in total. The number of nitrogens with zero attached hydrogens (tertiary/aromatic N) is 2. The number of hydrogen-bond donors (Lipinski definition) is 1. The Morgan fingerprint density at radius 1 is 1.59 bits per heavy atom. The van der Waals surface area contributed by atoms with E-state index in [2.05, 4.69) is 22.2 Å². The van der Waals surface area contributed by atoms with Crippen molar-refractivity contribution in [3.05, 3.63) is 11.1 Å². The zero-order valence-electron chi connectivity index (χ0n) is 10.6. The maximum atomic E-state index is 5.75. The molecule has 17 heavy (non-hydrogen) atoms. The smallest absolute Gasteiger partial charge is 0.185 e. The van der Waals surface area contributed by atoms with E-state index in [1.54, 1.807) is 11.3 Å². The number of rotatable bonds is 5. The molecule has 1 N–H and O–H groups in total. The molecule has 1 aliphatic rings. The minimum atomic E-state index is 0.380. The number of nitrogens with one attached hydrogen (secondary N) is 1. The van der Waals surface area contributed by atoms with Gasteiger partial charge >= 0.3 is 0 Å². The lowest BCUT2D eigenvalue weighted by Gasteiger charge is -2.27. The van der Waals surface area contributed by atoms with Crippen LogP contribution in [0.5, 0.6) is 0 Å². The molecule has 1 unspecified atom stereocenters. The van der Waals surface area contributed by atoms with Crippen molar-refractivity contribution in [2.75, 3.05) is 32.1 Å². The summed E-state index contributed by atoms with van der Waals surface area (Å²) in [6.45, 7) is 2.76. The summed E-state index contributed by atoms with van der Waals surface area (Å²) in [5.41, 5.74) is 0. The van der Waals surface area contributed by atoms with Crippen LogP contribution in [0.25, 0.3) is 0 Å². The summed E-state index contributed by atoms with van der Waals surface area (Å²) in [5, 5.41) is 4.23. The quantitative estimate of drug-likeness (QED) is 0.871. The van der Waals surface area contributed by atoms with Crippen molar-refractivity contribution in [3.8, 4) is 0 Å². The number of anilines is 1. The van der Waals surface area contributed by atoms with E-state index in [1.807, 2.05) is 13.2 Å². The minimum absolute atomic E-state index is 0.380. The molecule has 1 aliphatic heterocycles. The summed E-state index contributed by atoms with van der Waals surface area (Å²) in [4.78, 5) is 7.93. The van der Waals surface area contributed by atoms with E-state index in [1.165, 1.54) is 24.1 Å². The van der Waals surface area contributed by atoms with E-state index >= 15 is 0 Å². The van der Waals surface area contributed by atoms with Crippen LogP contribution in [-0.2, 0) is 11.3 Å². The molecule has 0 spiro atoms. The highest BCUT2D eigenvalue weighted by molar-refractivity contribution is 7.15. The zero-order valence-corrected chi connectivity index (χ0v) is 11.4. The van der Waals surface area contributed by atoms with Gasteiger partial charge in [-0.2, -0.15) is 0 Å². The lowest BCUT2D eigenvalue weighted by molar-refractivity contribution is 0.0216. The van der Waals surface area contributed by atoms with Crippen LogP contribution in [0.15, 0.2) is 6.20 Å². The fourth-order valence-corrected chi connectivity index (χ4v) is 2.96. The van der Waals surface area contributed by atoms with Crippen LogP contribution < -0.4 is 10.2 Å². The highest BCUT2D eigenvalue weighted by atomic mass is 32.1. The average molecular weight is 255 g/mol. The number of thiazole rings is 1. The SMILES string of the molecule is CNCc1cnc(N(C)CC2CCCCO2)s1. The molecule has 1 fully saturated rings. The first-order valence-corrected chi connectivity index (χ1v) is 7.03. The minimum Gasteiger partial charge on any atom is -0.376 e. The zero-order chi connectivity index (χ0) is 12.1. The van der Waals surface area contributed by atoms with Crippen LogP contribution in [0.4, 0.5) is 5.13 Å². The highest BCUT2D eigenvalue weighted by Gasteiger charge is 2.17. The molecule has 0 aromatic carbocycles. The molecular formula is C12H21N3OS. The van der Waals surface area contributed by atoms with Gasteiger partial charge < -0.3 is 15.0 Å². The van der Waals surface area contributed by atoms with Gasteiger partial charge in [0.25, 0.3) is 0 Å². The lowest BCUT2D eigenvalue weighted by atomic mass is 10.1. The molecule has 0 radical (unpaired) electrons. The summed E-state index contributed by atoms with van der Waals surface area (Å²) in [6.07, 6.45) is 6.02. The first-order valence-electron chi connectivity index (χ1n) is 6.21. The van der Waals surface area contributed by atoms with Crippen molar-refractivity contribution in [1.82, 2.24) is 10.3 Å². The third-order valence-electron chi connectivity index (χ3n) is 2.97. The first kappa shape index (κ1) is 12.8. The predicted octanol–water partition coefficient (Wildman–Crippen LogP) is 1.87. The van der Waals surface area contributed by atoms with Crippen molar-refractivity contribution < 1.29 is 4.74 Å². The summed E-state index contributed by atoms with van der Waals surface area (Å²) < 4.78 is 5.75. The van der Waals surface area contributed by atoms with E-state index in [-0.39, 0.29) is 0 Å². The molecule has 5 heteroatoms. The second-order valence-corrected chi connectivity index (χ2v) is 5.60. The average Bonchev–Trinajstić information content (AvgIpc) is 2.79. The van der Waals surface area contributed by atoms with Gasteiger partial charge in [-0.15, -0.1) is 11.3 Å². The van der Waals surface area contributed by atoms with Crippen LogP contribution in [-0.4, -0.2) is 38.3 Å². The highest BCUT2D eigenvalue weighted by Crippen LogP contribution is 2.23. The number of ether oxygens (including phenoxy) is 1. The van der Waals surface area contributed by atoms with Gasteiger partial charge in [-0.05, 0) is 26.3 Å². The van der Waals surface area contributed by atoms with Gasteiger partial charge in [-0.1, -0.05) is 0 Å². The fourth-order valence-electron chi connectivity index (χ4n) is 2.06. The predicted molar refractivity (Wildman–Crippen MR) is 71.7 cm³/mol. The van der Waals surface area contributed by atoms with Crippen LogP contribution in [0.3, 0.4) is 0 Å². The molecule has 0 amide bonds. The van der Waals surface area contributed by atoms with E-state index in [0.29, 0.717) is 6.10 Å². The maximum Gasteiger partial charge on any atom is 0.185 e. The van der Waals surface area contributed by atoms with Gasteiger partial charge in [0, 0.05) is 37.8 Å². The largest absolute Gasteiger partial charge is 0.376 e. The van der Waals surface area contributed by atoms with E-state index in [0.717, 1.165) is 24.8 Å². The molecule has 0 bridgehead atoms. The number of likely N-dealkylation sites (N-methyl/N-ethyl adjacent to an activating group) is 1. The lowest BCUT2D eigenvalue weighted by Crippen LogP contribution is -2.33. The van der Waals surface area contributed by atoms with Gasteiger partial charge in [0.1, 0.15) is 0 Å². The van der Waals surface area contributed by atoms with Gasteiger partial charge in [0.15, 0.2) is 5.13 Å². The topological polar surface area (TPSA) is 37.4 Å². The molecule has 1 aromatic rings. The monoisotopic (exact) mass is 255 g/mol. The second kappa shape index (κ2) is 6.33.